The lowest BCUT2D eigenvalue weighted by Crippen LogP contribution is -2.17. The molecular weight excluding hydrogens is 424 g/mol. The van der Waals surface area contributed by atoms with Crippen LogP contribution in [0.1, 0.15) is 96.0 Å². The van der Waals surface area contributed by atoms with Gasteiger partial charge in [-0.25, -0.2) is 0 Å². The standard InChI is InChI=1S/C26H42O5S/c1-4-5-6-10-13-16-24(31-32(28,29)25-21-19-23(2)20-22-25)17-14-11-8-7-9-12-15-18-26(27)30-3/h14,17,19-22,24H,4-13,15-16,18H2,1-3H3/b17-14-/t24-/m1/s1. The van der Waals surface area contributed by atoms with Gasteiger partial charge in [0.25, 0.3) is 10.1 Å². The second-order valence-corrected chi connectivity index (χ2v) is 9.99. The van der Waals surface area contributed by atoms with E-state index in [0.717, 1.165) is 56.9 Å². The van der Waals surface area contributed by atoms with E-state index in [2.05, 4.69) is 17.7 Å². The third kappa shape index (κ3) is 13.0. The van der Waals surface area contributed by atoms with Gasteiger partial charge < -0.3 is 4.74 Å². The first kappa shape index (κ1) is 28.4. The first-order valence-corrected chi connectivity index (χ1v) is 13.5. The van der Waals surface area contributed by atoms with Gasteiger partial charge in [0.05, 0.1) is 18.1 Å². The summed E-state index contributed by atoms with van der Waals surface area (Å²) in [6.07, 6.45) is 16.4. The Morgan fingerprint density at radius 1 is 0.938 bits per heavy atom. The Balaban J connectivity index is 2.48. The van der Waals surface area contributed by atoms with Crippen LogP contribution in [0, 0.1) is 6.92 Å². The fraction of sp³-hybridized carbons (Fsp3) is 0.654. The van der Waals surface area contributed by atoms with Crippen LogP contribution in [-0.2, 0) is 23.8 Å². The molecule has 1 aromatic carbocycles. The van der Waals surface area contributed by atoms with Crippen molar-refractivity contribution >= 4 is 16.1 Å². The molecule has 0 N–H and O–H groups in total. The molecule has 0 unspecified atom stereocenters. The van der Waals surface area contributed by atoms with Crippen molar-refractivity contribution in [1.82, 2.24) is 0 Å². The van der Waals surface area contributed by atoms with Crippen LogP contribution in [0.25, 0.3) is 0 Å². The van der Waals surface area contributed by atoms with Gasteiger partial charge in [-0.2, -0.15) is 8.42 Å². The number of hydrogen-bond acceptors (Lipinski definition) is 5. The van der Waals surface area contributed by atoms with E-state index in [4.69, 9.17) is 4.18 Å². The highest BCUT2D eigenvalue weighted by Gasteiger charge is 2.20. The van der Waals surface area contributed by atoms with Crippen molar-refractivity contribution in [3.8, 4) is 0 Å². The average molecular weight is 467 g/mol. The van der Waals surface area contributed by atoms with Crippen molar-refractivity contribution in [3.63, 3.8) is 0 Å². The zero-order valence-corrected chi connectivity index (χ0v) is 21.0. The minimum Gasteiger partial charge on any atom is -0.469 e. The molecule has 0 aliphatic carbocycles. The van der Waals surface area contributed by atoms with E-state index >= 15 is 0 Å². The number of hydrogen-bond donors (Lipinski definition) is 0. The van der Waals surface area contributed by atoms with Crippen LogP contribution in [0.4, 0.5) is 0 Å². The maximum absolute atomic E-state index is 12.7. The Bertz CT molecular complexity index is 753. The Morgan fingerprint density at radius 2 is 1.56 bits per heavy atom. The normalized spacial score (nSPS) is 12.8. The molecule has 182 valence electrons. The van der Waals surface area contributed by atoms with Crippen molar-refractivity contribution in [1.29, 1.82) is 0 Å². The van der Waals surface area contributed by atoms with Gasteiger partial charge in [-0.1, -0.05) is 88.1 Å². The maximum atomic E-state index is 12.7. The third-order valence-corrected chi connectivity index (χ3v) is 6.83. The molecule has 0 fully saturated rings. The highest BCUT2D eigenvalue weighted by molar-refractivity contribution is 7.86. The summed E-state index contributed by atoms with van der Waals surface area (Å²) < 4.78 is 35.7. The van der Waals surface area contributed by atoms with Crippen molar-refractivity contribution < 1.29 is 22.1 Å². The van der Waals surface area contributed by atoms with Gasteiger partial charge in [0, 0.05) is 6.42 Å². The predicted octanol–water partition coefficient (Wildman–Crippen LogP) is 6.89. The molecule has 1 atom stereocenters. The van der Waals surface area contributed by atoms with Gasteiger partial charge in [-0.15, -0.1) is 0 Å². The molecule has 0 aliphatic heterocycles. The van der Waals surface area contributed by atoms with Crippen LogP contribution in [0.3, 0.4) is 0 Å². The number of allylic oxidation sites excluding steroid dienone is 1. The molecule has 0 aromatic heterocycles. The molecule has 0 spiro atoms. The first-order chi connectivity index (χ1) is 15.4. The Labute approximate surface area is 195 Å². The molecule has 6 heteroatoms. The van der Waals surface area contributed by atoms with E-state index in [1.165, 1.54) is 26.4 Å². The number of unbranched alkanes of at least 4 members (excludes halogenated alkanes) is 9. The summed E-state index contributed by atoms with van der Waals surface area (Å²) in [4.78, 5) is 11.3. The van der Waals surface area contributed by atoms with Crippen molar-refractivity contribution in [3.05, 3.63) is 42.0 Å². The number of aryl methyl sites for hydroxylation is 1. The predicted molar refractivity (Wildman–Crippen MR) is 130 cm³/mol. The number of rotatable bonds is 18. The lowest BCUT2D eigenvalue weighted by Gasteiger charge is -2.14. The van der Waals surface area contributed by atoms with E-state index in [1.54, 1.807) is 24.3 Å². The van der Waals surface area contributed by atoms with Gasteiger partial charge in [0.2, 0.25) is 0 Å². The van der Waals surface area contributed by atoms with Gasteiger partial charge in [-0.3, -0.25) is 8.98 Å². The molecule has 0 saturated carbocycles. The van der Waals surface area contributed by atoms with Gasteiger partial charge in [0.1, 0.15) is 0 Å². The topological polar surface area (TPSA) is 69.7 Å². The maximum Gasteiger partial charge on any atom is 0.305 e. The number of esters is 1. The summed E-state index contributed by atoms with van der Waals surface area (Å²) in [5.74, 6) is -0.144. The minimum atomic E-state index is -3.78. The molecule has 5 nitrogen and oxygen atoms in total. The average Bonchev–Trinajstić information content (AvgIpc) is 2.77. The van der Waals surface area contributed by atoms with Crippen LogP contribution in [-0.4, -0.2) is 27.6 Å². The molecule has 1 aromatic rings. The fourth-order valence-corrected chi connectivity index (χ4v) is 4.53. The fourth-order valence-electron chi connectivity index (χ4n) is 3.46. The summed E-state index contributed by atoms with van der Waals surface area (Å²) in [7, 11) is -2.36. The quantitative estimate of drug-likeness (QED) is 0.102. The minimum absolute atomic E-state index is 0.144. The lowest BCUT2D eigenvalue weighted by molar-refractivity contribution is -0.140. The number of carbonyl (C=O) groups excluding carboxylic acids is 1. The summed E-state index contributed by atoms with van der Waals surface area (Å²) in [6.45, 7) is 4.11. The Hall–Kier alpha value is -1.66. The van der Waals surface area contributed by atoms with Crippen molar-refractivity contribution in [2.75, 3.05) is 7.11 Å². The van der Waals surface area contributed by atoms with Crippen LogP contribution in [0.15, 0.2) is 41.3 Å². The highest BCUT2D eigenvalue weighted by Crippen LogP contribution is 2.19. The van der Waals surface area contributed by atoms with Gasteiger partial charge >= 0.3 is 5.97 Å². The molecule has 0 amide bonds. The lowest BCUT2D eigenvalue weighted by atomic mass is 10.1. The third-order valence-electron chi connectivity index (χ3n) is 5.48. The monoisotopic (exact) mass is 466 g/mol. The van der Waals surface area contributed by atoms with Crippen LogP contribution >= 0.6 is 0 Å². The molecular formula is C26H42O5S. The van der Waals surface area contributed by atoms with Crippen LogP contribution in [0.5, 0.6) is 0 Å². The SMILES string of the molecule is CCCCCCC[C@H](/C=C\CCCCCCCC(=O)OC)OS(=O)(=O)c1ccc(C)cc1. The zero-order chi connectivity index (χ0) is 23.7. The summed E-state index contributed by atoms with van der Waals surface area (Å²) >= 11 is 0. The summed E-state index contributed by atoms with van der Waals surface area (Å²) in [6, 6.07) is 6.79. The number of carbonyl (C=O) groups is 1. The van der Waals surface area contributed by atoms with Gasteiger partial charge in [0.15, 0.2) is 0 Å². The second kappa shape index (κ2) is 16.9. The first-order valence-electron chi connectivity index (χ1n) is 12.1. The largest absolute Gasteiger partial charge is 0.469 e. The number of methoxy groups -OCH3 is 1. The molecule has 0 saturated heterocycles. The molecule has 0 radical (unpaired) electrons. The Morgan fingerprint density at radius 3 is 2.25 bits per heavy atom. The van der Waals surface area contributed by atoms with Crippen molar-refractivity contribution in [2.24, 2.45) is 0 Å². The zero-order valence-electron chi connectivity index (χ0n) is 20.2. The summed E-state index contributed by atoms with van der Waals surface area (Å²) in [5.41, 5.74) is 1.02. The van der Waals surface area contributed by atoms with E-state index in [1.807, 2.05) is 13.0 Å². The molecule has 0 heterocycles. The van der Waals surface area contributed by atoms with Crippen molar-refractivity contribution in [2.45, 2.75) is 108 Å². The van der Waals surface area contributed by atoms with E-state index in [9.17, 15) is 13.2 Å². The second-order valence-electron chi connectivity index (χ2n) is 8.42. The number of ether oxygens (including phenoxy) is 1. The van der Waals surface area contributed by atoms with E-state index in [-0.39, 0.29) is 10.9 Å². The summed E-state index contributed by atoms with van der Waals surface area (Å²) in [5, 5.41) is 0. The molecule has 0 aliphatic rings. The van der Waals surface area contributed by atoms with Crippen LogP contribution in [0.2, 0.25) is 0 Å². The highest BCUT2D eigenvalue weighted by atomic mass is 32.2. The molecule has 0 bridgehead atoms. The molecule has 32 heavy (non-hydrogen) atoms. The van der Waals surface area contributed by atoms with E-state index in [0.29, 0.717) is 12.8 Å². The van der Waals surface area contributed by atoms with E-state index < -0.39 is 16.2 Å². The number of benzene rings is 1. The molecule has 1 rings (SSSR count). The van der Waals surface area contributed by atoms with Gasteiger partial charge in [-0.05, 0) is 44.7 Å². The smallest absolute Gasteiger partial charge is 0.305 e. The Kier molecular flexibility index (Phi) is 15.0. The van der Waals surface area contributed by atoms with Crippen LogP contribution < -0.4 is 0 Å².